The Morgan fingerprint density at radius 1 is 1.46 bits per heavy atom. The number of likely N-dealkylation sites (N-methyl/N-ethyl adjacent to an activating group) is 2. The van der Waals surface area contributed by atoms with Crippen LogP contribution in [-0.2, 0) is 0 Å². The molecule has 0 saturated carbocycles. The summed E-state index contributed by atoms with van der Waals surface area (Å²) < 4.78 is 5.96. The monoisotopic (exact) mass is 399 g/mol. The van der Waals surface area contributed by atoms with Gasteiger partial charge in [0.1, 0.15) is 11.4 Å². The highest BCUT2D eigenvalue weighted by molar-refractivity contribution is 9.10. The van der Waals surface area contributed by atoms with Gasteiger partial charge in [-0.3, -0.25) is 4.79 Å². The summed E-state index contributed by atoms with van der Waals surface area (Å²) in [6.45, 7) is 6.81. The van der Waals surface area contributed by atoms with Crippen molar-refractivity contribution in [3.63, 3.8) is 0 Å². The molecule has 2 heterocycles. The van der Waals surface area contributed by atoms with Gasteiger partial charge >= 0.3 is 0 Å². The van der Waals surface area contributed by atoms with Gasteiger partial charge in [0.2, 0.25) is 5.88 Å². The van der Waals surface area contributed by atoms with Crippen LogP contribution in [0, 0.1) is 0 Å². The number of hydrogen-bond acceptors (Lipinski definition) is 6. The normalized spacial score (nSPS) is 19.6. The van der Waals surface area contributed by atoms with Crippen molar-refractivity contribution in [2.75, 3.05) is 59.2 Å². The fourth-order valence-corrected chi connectivity index (χ4v) is 3.42. The summed E-state index contributed by atoms with van der Waals surface area (Å²) >= 11 is 3.46. The average molecular weight is 400 g/mol. The predicted molar refractivity (Wildman–Crippen MR) is 98.9 cm³/mol. The minimum absolute atomic E-state index is 0.0607. The molecule has 0 radical (unpaired) electrons. The molecule has 2 N–H and O–H groups in total. The number of methoxy groups -OCH3 is 1. The Bertz CT molecular complexity index is 584. The summed E-state index contributed by atoms with van der Waals surface area (Å²) in [5.74, 6) is 0.771. The van der Waals surface area contributed by atoms with Crippen molar-refractivity contribution in [3.05, 3.63) is 16.1 Å². The van der Waals surface area contributed by atoms with Crippen molar-refractivity contribution >= 4 is 27.7 Å². The highest BCUT2D eigenvalue weighted by atomic mass is 79.9. The van der Waals surface area contributed by atoms with Crippen molar-refractivity contribution in [1.29, 1.82) is 0 Å². The van der Waals surface area contributed by atoms with Crippen molar-refractivity contribution < 1.29 is 9.53 Å². The first-order valence-corrected chi connectivity index (χ1v) is 8.91. The molecule has 0 aliphatic carbocycles. The molecule has 2 rings (SSSR count). The molecule has 1 aromatic heterocycles. The molecule has 1 fully saturated rings. The van der Waals surface area contributed by atoms with Crippen LogP contribution in [0.15, 0.2) is 10.5 Å². The smallest absolute Gasteiger partial charge is 0.258 e. The van der Waals surface area contributed by atoms with Gasteiger partial charge in [-0.2, -0.15) is 4.98 Å². The first-order valence-electron chi connectivity index (χ1n) is 8.12. The number of nitrogens with zero attached hydrogens (tertiary/aromatic N) is 3. The molecule has 0 spiro atoms. The van der Waals surface area contributed by atoms with Gasteiger partial charge in [0.25, 0.3) is 5.91 Å². The number of rotatable bonds is 5. The number of hydrogen-bond donors (Lipinski definition) is 2. The lowest BCUT2D eigenvalue weighted by Crippen LogP contribution is -2.46. The van der Waals surface area contributed by atoms with Crippen LogP contribution in [0.25, 0.3) is 0 Å². The molecule has 0 aromatic carbocycles. The summed E-state index contributed by atoms with van der Waals surface area (Å²) in [6.07, 6.45) is 0. The Balaban J connectivity index is 2.19. The van der Waals surface area contributed by atoms with E-state index in [1.54, 1.807) is 13.1 Å². The zero-order valence-electron chi connectivity index (χ0n) is 14.7. The highest BCUT2D eigenvalue weighted by Gasteiger charge is 2.25. The molecular weight excluding hydrogens is 374 g/mol. The van der Waals surface area contributed by atoms with Crippen LogP contribution in [0.5, 0.6) is 5.88 Å². The van der Waals surface area contributed by atoms with Crippen LogP contribution in [0.3, 0.4) is 0 Å². The quantitative estimate of drug-likeness (QED) is 0.776. The molecule has 24 heavy (non-hydrogen) atoms. The summed E-state index contributed by atoms with van der Waals surface area (Å²) in [7, 11) is 5.37. The van der Waals surface area contributed by atoms with Crippen LogP contribution in [0.1, 0.15) is 17.3 Å². The van der Waals surface area contributed by atoms with E-state index >= 15 is 0 Å². The maximum Gasteiger partial charge on any atom is 0.258 e. The van der Waals surface area contributed by atoms with E-state index in [4.69, 9.17) is 4.74 Å². The van der Waals surface area contributed by atoms with Crippen molar-refractivity contribution in [1.82, 2.24) is 20.1 Å². The number of anilines is 1. The van der Waals surface area contributed by atoms with E-state index in [-0.39, 0.29) is 11.9 Å². The van der Waals surface area contributed by atoms with Crippen LogP contribution in [-0.4, -0.2) is 80.7 Å². The van der Waals surface area contributed by atoms with Crippen molar-refractivity contribution in [2.45, 2.75) is 13.0 Å². The first kappa shape index (κ1) is 19.0. The average Bonchev–Trinajstić information content (AvgIpc) is 2.74. The SMILES string of the molecule is CCN1CCN(C)CC(NC(=O)c2c(Br)cc(NC)nc2OC)C1. The van der Waals surface area contributed by atoms with E-state index in [2.05, 4.69) is 55.3 Å². The van der Waals surface area contributed by atoms with Gasteiger partial charge in [-0.25, -0.2) is 0 Å². The van der Waals surface area contributed by atoms with Crippen molar-refractivity contribution in [3.8, 4) is 5.88 Å². The summed E-state index contributed by atoms with van der Waals surface area (Å²) in [4.78, 5) is 21.7. The molecule has 1 aromatic rings. The molecule has 0 bridgehead atoms. The van der Waals surface area contributed by atoms with E-state index in [1.165, 1.54) is 7.11 Å². The first-order chi connectivity index (χ1) is 11.5. The predicted octanol–water partition coefficient (Wildman–Crippen LogP) is 1.26. The number of amides is 1. The fourth-order valence-electron chi connectivity index (χ4n) is 2.85. The molecule has 7 nitrogen and oxygen atoms in total. The molecule has 1 aliphatic heterocycles. The summed E-state index contributed by atoms with van der Waals surface area (Å²) in [6, 6.07) is 1.83. The van der Waals surface area contributed by atoms with E-state index in [0.717, 1.165) is 32.7 Å². The third kappa shape index (κ3) is 4.58. The maximum atomic E-state index is 12.8. The Labute approximate surface area is 151 Å². The van der Waals surface area contributed by atoms with Crippen LogP contribution in [0.2, 0.25) is 0 Å². The number of pyridine rings is 1. The molecule has 1 atom stereocenters. The summed E-state index contributed by atoms with van der Waals surface area (Å²) in [5.41, 5.74) is 0.423. The van der Waals surface area contributed by atoms with Crippen LogP contribution < -0.4 is 15.4 Å². The maximum absolute atomic E-state index is 12.8. The number of halogens is 1. The van der Waals surface area contributed by atoms with Gasteiger partial charge in [0.15, 0.2) is 0 Å². The highest BCUT2D eigenvalue weighted by Crippen LogP contribution is 2.28. The zero-order valence-corrected chi connectivity index (χ0v) is 16.3. The van der Waals surface area contributed by atoms with Gasteiger partial charge < -0.3 is 25.2 Å². The van der Waals surface area contributed by atoms with E-state index in [1.807, 2.05) is 0 Å². The Morgan fingerprint density at radius 2 is 2.21 bits per heavy atom. The second-order valence-electron chi connectivity index (χ2n) is 5.95. The standard InChI is InChI=1S/C16H26BrN5O2/c1-5-22-7-6-21(3)9-11(10-22)19-15(23)14-12(17)8-13(18-2)20-16(14)24-4/h8,11H,5-7,9-10H2,1-4H3,(H,18,20)(H,19,23). The third-order valence-corrected chi connectivity index (χ3v) is 4.83. The molecule has 1 aliphatic rings. The lowest BCUT2D eigenvalue weighted by Gasteiger charge is -2.24. The molecule has 1 saturated heterocycles. The van der Waals surface area contributed by atoms with Gasteiger partial charge in [-0.1, -0.05) is 6.92 Å². The minimum atomic E-state index is -0.176. The van der Waals surface area contributed by atoms with Crippen molar-refractivity contribution in [2.24, 2.45) is 0 Å². The second-order valence-corrected chi connectivity index (χ2v) is 6.80. The number of carbonyl (C=O) groups excluding carboxylic acids is 1. The lowest BCUT2D eigenvalue weighted by atomic mass is 10.2. The van der Waals surface area contributed by atoms with Gasteiger partial charge in [0, 0.05) is 37.7 Å². The fraction of sp³-hybridized carbons (Fsp3) is 0.625. The molecule has 1 unspecified atom stereocenters. The molecule has 134 valence electrons. The second kappa shape index (κ2) is 8.64. The number of carbonyl (C=O) groups is 1. The van der Waals surface area contributed by atoms with Gasteiger partial charge in [-0.05, 0) is 35.6 Å². The van der Waals surface area contributed by atoms with E-state index < -0.39 is 0 Å². The van der Waals surface area contributed by atoms with E-state index in [0.29, 0.717) is 21.7 Å². The largest absolute Gasteiger partial charge is 0.480 e. The number of aromatic nitrogens is 1. The topological polar surface area (TPSA) is 69.7 Å². The third-order valence-electron chi connectivity index (χ3n) is 4.21. The summed E-state index contributed by atoms with van der Waals surface area (Å²) in [5, 5.41) is 6.08. The van der Waals surface area contributed by atoms with Crippen LogP contribution in [0.4, 0.5) is 5.82 Å². The van der Waals surface area contributed by atoms with E-state index in [9.17, 15) is 4.79 Å². The molecule has 8 heteroatoms. The minimum Gasteiger partial charge on any atom is -0.480 e. The van der Waals surface area contributed by atoms with Gasteiger partial charge in [-0.15, -0.1) is 0 Å². The molecular formula is C16H26BrN5O2. The number of ether oxygens (including phenoxy) is 1. The Hall–Kier alpha value is -1.38. The Kier molecular flexibility index (Phi) is 6.82. The van der Waals surface area contributed by atoms with Crippen LogP contribution >= 0.6 is 15.9 Å². The Morgan fingerprint density at radius 3 is 2.83 bits per heavy atom. The molecule has 1 amide bonds. The zero-order chi connectivity index (χ0) is 17.7. The van der Waals surface area contributed by atoms with Gasteiger partial charge in [0.05, 0.1) is 13.2 Å². The number of nitrogens with one attached hydrogen (secondary N) is 2. The lowest BCUT2D eigenvalue weighted by molar-refractivity contribution is 0.0920.